The second-order valence-corrected chi connectivity index (χ2v) is 5.50. The van der Waals surface area contributed by atoms with E-state index < -0.39 is 6.10 Å². The van der Waals surface area contributed by atoms with Gasteiger partial charge in [-0.3, -0.25) is 4.79 Å². The summed E-state index contributed by atoms with van der Waals surface area (Å²) in [6, 6.07) is 5.00. The highest BCUT2D eigenvalue weighted by atomic mass is 35.5. The van der Waals surface area contributed by atoms with Gasteiger partial charge in [-0.15, -0.1) is 0 Å². The van der Waals surface area contributed by atoms with Crippen LogP contribution in [-0.4, -0.2) is 18.6 Å². The van der Waals surface area contributed by atoms with E-state index in [2.05, 4.69) is 19.2 Å². The first-order chi connectivity index (χ1) is 9.43. The average molecular weight is 299 g/mol. The second kappa shape index (κ2) is 8.12. The molecule has 20 heavy (non-hydrogen) atoms. The van der Waals surface area contributed by atoms with Crippen LogP contribution >= 0.6 is 11.6 Å². The van der Waals surface area contributed by atoms with Crippen molar-refractivity contribution in [2.45, 2.75) is 39.7 Å². The van der Waals surface area contributed by atoms with Crippen LogP contribution in [0.3, 0.4) is 0 Å². The first kappa shape index (κ1) is 16.8. The maximum absolute atomic E-state index is 12.0. The predicted octanol–water partition coefficient (Wildman–Crippen LogP) is 3.70. The van der Waals surface area contributed by atoms with E-state index in [0.717, 1.165) is 12.8 Å². The van der Waals surface area contributed by atoms with Gasteiger partial charge in [-0.25, -0.2) is 0 Å². The van der Waals surface area contributed by atoms with Gasteiger partial charge in [-0.2, -0.15) is 0 Å². The fourth-order valence-electron chi connectivity index (χ4n) is 1.83. The molecule has 2 unspecified atom stereocenters. The first-order valence-corrected chi connectivity index (χ1v) is 7.29. The molecule has 1 rings (SSSR count). The van der Waals surface area contributed by atoms with Gasteiger partial charge in [0.1, 0.15) is 6.10 Å². The molecule has 2 atom stereocenters. The standard InChI is InChI=1S/C15H23ClN2O2/c1-4-5-10(2)9-20-11(3)15(19)18-12-6-7-13(16)14(17)8-12/h6-8,10-11H,4-5,9,17H2,1-3H3,(H,18,19). The number of anilines is 2. The fourth-order valence-corrected chi connectivity index (χ4v) is 1.94. The van der Waals surface area contributed by atoms with E-state index in [1.165, 1.54) is 0 Å². The van der Waals surface area contributed by atoms with Crippen molar-refractivity contribution >= 4 is 28.9 Å². The van der Waals surface area contributed by atoms with Gasteiger partial charge in [0.05, 0.1) is 17.3 Å². The third-order valence-electron chi connectivity index (χ3n) is 3.04. The molecule has 0 radical (unpaired) electrons. The average Bonchev–Trinajstić information content (AvgIpc) is 2.40. The molecule has 0 saturated carbocycles. The molecule has 0 aromatic heterocycles. The summed E-state index contributed by atoms with van der Waals surface area (Å²) in [4.78, 5) is 12.0. The lowest BCUT2D eigenvalue weighted by atomic mass is 10.1. The zero-order valence-electron chi connectivity index (χ0n) is 12.3. The quantitative estimate of drug-likeness (QED) is 0.754. The van der Waals surface area contributed by atoms with Crippen LogP contribution in [0.25, 0.3) is 0 Å². The van der Waals surface area contributed by atoms with Crippen molar-refractivity contribution < 1.29 is 9.53 Å². The molecule has 0 bridgehead atoms. The molecule has 112 valence electrons. The monoisotopic (exact) mass is 298 g/mol. The topological polar surface area (TPSA) is 64.3 Å². The molecule has 0 aliphatic heterocycles. The van der Waals surface area contributed by atoms with Crippen molar-refractivity contribution in [3.63, 3.8) is 0 Å². The van der Waals surface area contributed by atoms with Gasteiger partial charge < -0.3 is 15.8 Å². The van der Waals surface area contributed by atoms with Crippen molar-refractivity contribution in [3.8, 4) is 0 Å². The number of ether oxygens (including phenoxy) is 1. The molecule has 1 aromatic rings. The van der Waals surface area contributed by atoms with E-state index in [0.29, 0.717) is 28.9 Å². The minimum absolute atomic E-state index is 0.185. The summed E-state index contributed by atoms with van der Waals surface area (Å²) in [7, 11) is 0. The van der Waals surface area contributed by atoms with E-state index in [9.17, 15) is 4.79 Å². The van der Waals surface area contributed by atoms with Gasteiger partial charge >= 0.3 is 0 Å². The van der Waals surface area contributed by atoms with E-state index >= 15 is 0 Å². The normalized spacial score (nSPS) is 13.8. The molecule has 1 aromatic carbocycles. The first-order valence-electron chi connectivity index (χ1n) is 6.91. The number of halogens is 1. The highest BCUT2D eigenvalue weighted by Gasteiger charge is 2.15. The molecule has 5 heteroatoms. The minimum atomic E-state index is -0.494. The number of benzene rings is 1. The number of hydrogen-bond acceptors (Lipinski definition) is 3. The Labute approximate surface area is 125 Å². The van der Waals surface area contributed by atoms with Crippen LogP contribution in [0.15, 0.2) is 18.2 Å². The Balaban J connectivity index is 2.46. The highest BCUT2D eigenvalue weighted by molar-refractivity contribution is 6.33. The van der Waals surface area contributed by atoms with E-state index in [-0.39, 0.29) is 5.91 Å². The van der Waals surface area contributed by atoms with Crippen molar-refractivity contribution in [2.24, 2.45) is 5.92 Å². The number of nitrogens with two attached hydrogens (primary N) is 1. The van der Waals surface area contributed by atoms with Gasteiger partial charge in [0.15, 0.2) is 0 Å². The van der Waals surface area contributed by atoms with E-state index in [1.54, 1.807) is 25.1 Å². The summed E-state index contributed by atoms with van der Waals surface area (Å²) in [6.45, 7) is 6.59. The van der Waals surface area contributed by atoms with Gasteiger partial charge in [0, 0.05) is 5.69 Å². The lowest BCUT2D eigenvalue weighted by Crippen LogP contribution is -2.29. The number of rotatable bonds is 7. The molecule has 1 amide bonds. The Morgan fingerprint density at radius 3 is 2.75 bits per heavy atom. The molecule has 0 heterocycles. The molecular formula is C15H23ClN2O2. The second-order valence-electron chi connectivity index (χ2n) is 5.09. The molecule has 3 N–H and O–H groups in total. The Kier molecular flexibility index (Phi) is 6.82. The maximum Gasteiger partial charge on any atom is 0.253 e. The largest absolute Gasteiger partial charge is 0.397 e. The summed E-state index contributed by atoms with van der Waals surface area (Å²) in [5.41, 5.74) is 6.75. The Bertz CT molecular complexity index is 451. The van der Waals surface area contributed by atoms with Gasteiger partial charge in [0.25, 0.3) is 5.91 Å². The van der Waals surface area contributed by atoms with Crippen LogP contribution < -0.4 is 11.1 Å². The molecule has 0 saturated heterocycles. The van der Waals surface area contributed by atoms with Crippen LogP contribution in [-0.2, 0) is 9.53 Å². The molecule has 4 nitrogen and oxygen atoms in total. The number of hydrogen-bond donors (Lipinski definition) is 2. The van der Waals surface area contributed by atoms with Crippen molar-refractivity contribution in [1.82, 2.24) is 0 Å². The molecule has 0 spiro atoms. The predicted molar refractivity (Wildman–Crippen MR) is 84.0 cm³/mol. The Hall–Kier alpha value is -1.26. The number of nitrogens with one attached hydrogen (secondary N) is 1. The number of carbonyl (C=O) groups is 1. The van der Waals surface area contributed by atoms with Gasteiger partial charge in [0.2, 0.25) is 0 Å². The number of amides is 1. The summed E-state index contributed by atoms with van der Waals surface area (Å²) in [5, 5.41) is 3.24. The van der Waals surface area contributed by atoms with Crippen LogP contribution in [0.4, 0.5) is 11.4 Å². The summed E-state index contributed by atoms with van der Waals surface area (Å²) in [5.74, 6) is 0.275. The summed E-state index contributed by atoms with van der Waals surface area (Å²) < 4.78 is 5.57. The third kappa shape index (κ3) is 5.39. The SMILES string of the molecule is CCCC(C)COC(C)C(=O)Nc1ccc(Cl)c(N)c1. The molecular weight excluding hydrogens is 276 g/mol. The molecule has 0 fully saturated rings. The van der Waals surface area contributed by atoms with E-state index in [1.807, 2.05) is 0 Å². The van der Waals surface area contributed by atoms with Crippen molar-refractivity contribution in [2.75, 3.05) is 17.7 Å². The Morgan fingerprint density at radius 2 is 2.15 bits per heavy atom. The van der Waals surface area contributed by atoms with E-state index in [4.69, 9.17) is 22.1 Å². The zero-order valence-corrected chi connectivity index (χ0v) is 13.0. The lowest BCUT2D eigenvalue weighted by Gasteiger charge is -2.16. The Morgan fingerprint density at radius 1 is 1.45 bits per heavy atom. The number of carbonyl (C=O) groups excluding carboxylic acids is 1. The fraction of sp³-hybridized carbons (Fsp3) is 0.533. The van der Waals surface area contributed by atoms with Crippen LogP contribution in [0, 0.1) is 5.92 Å². The van der Waals surface area contributed by atoms with Crippen LogP contribution in [0.5, 0.6) is 0 Å². The zero-order chi connectivity index (χ0) is 15.1. The van der Waals surface area contributed by atoms with Crippen LogP contribution in [0.2, 0.25) is 5.02 Å². The van der Waals surface area contributed by atoms with Crippen LogP contribution in [0.1, 0.15) is 33.6 Å². The van der Waals surface area contributed by atoms with Gasteiger partial charge in [-0.1, -0.05) is 31.9 Å². The molecule has 0 aliphatic carbocycles. The third-order valence-corrected chi connectivity index (χ3v) is 3.39. The van der Waals surface area contributed by atoms with Gasteiger partial charge in [-0.05, 0) is 37.5 Å². The lowest BCUT2D eigenvalue weighted by molar-refractivity contribution is -0.127. The maximum atomic E-state index is 12.0. The minimum Gasteiger partial charge on any atom is -0.397 e. The highest BCUT2D eigenvalue weighted by Crippen LogP contribution is 2.22. The van der Waals surface area contributed by atoms with Crippen molar-refractivity contribution in [1.29, 1.82) is 0 Å². The smallest absolute Gasteiger partial charge is 0.253 e. The number of nitrogen functional groups attached to an aromatic ring is 1. The van der Waals surface area contributed by atoms with Crippen molar-refractivity contribution in [3.05, 3.63) is 23.2 Å². The summed E-state index contributed by atoms with van der Waals surface area (Å²) in [6.07, 6.45) is 1.73. The molecule has 0 aliphatic rings. The summed E-state index contributed by atoms with van der Waals surface area (Å²) >= 11 is 5.83.